The van der Waals surface area contributed by atoms with Gasteiger partial charge in [0.05, 0.1) is 18.2 Å². The molecule has 0 aliphatic carbocycles. The van der Waals surface area contributed by atoms with Gasteiger partial charge in [0.2, 0.25) is 0 Å². The van der Waals surface area contributed by atoms with Crippen molar-refractivity contribution in [2.45, 2.75) is 33.6 Å². The molecule has 0 spiro atoms. The minimum atomic E-state index is -0.539. The van der Waals surface area contributed by atoms with Crippen LogP contribution in [0.2, 0.25) is 5.02 Å². The number of fused-ring (bicyclic) bond motifs is 1. The Kier molecular flexibility index (Phi) is 7.24. The van der Waals surface area contributed by atoms with Gasteiger partial charge in [0.1, 0.15) is 11.3 Å². The zero-order valence-electron chi connectivity index (χ0n) is 15.4. The van der Waals surface area contributed by atoms with Gasteiger partial charge in [-0.15, -0.1) is 0 Å². The molecule has 0 aliphatic heterocycles. The highest BCUT2D eigenvalue weighted by Gasteiger charge is 2.16. The molecule has 0 bridgehead atoms. The lowest BCUT2D eigenvalue weighted by Gasteiger charge is -2.11. The Hall–Kier alpha value is -2.54. The van der Waals surface area contributed by atoms with Crippen LogP contribution in [-0.4, -0.2) is 31.8 Å². The molecule has 0 unspecified atom stereocenters. The molecule has 27 heavy (non-hydrogen) atoms. The van der Waals surface area contributed by atoms with Gasteiger partial charge in [0, 0.05) is 23.4 Å². The molecule has 1 aromatic heterocycles. The summed E-state index contributed by atoms with van der Waals surface area (Å²) >= 11 is 6.23. The van der Waals surface area contributed by atoms with E-state index < -0.39 is 11.6 Å². The van der Waals surface area contributed by atoms with Crippen molar-refractivity contribution in [1.29, 1.82) is 0 Å². The van der Waals surface area contributed by atoms with E-state index in [2.05, 4.69) is 0 Å². The van der Waals surface area contributed by atoms with Crippen molar-refractivity contribution >= 4 is 34.5 Å². The number of ether oxygens (including phenoxy) is 3. The van der Waals surface area contributed by atoms with Crippen LogP contribution in [0.1, 0.15) is 31.4 Å². The Labute approximate surface area is 161 Å². The number of aryl methyl sites for hydroxylation is 1. The van der Waals surface area contributed by atoms with Gasteiger partial charge in [0.15, 0.2) is 6.61 Å². The number of halogens is 1. The first kappa shape index (κ1) is 20.8. The van der Waals surface area contributed by atoms with Gasteiger partial charge < -0.3 is 18.6 Å². The lowest BCUT2D eigenvalue weighted by Crippen LogP contribution is -2.15. The van der Waals surface area contributed by atoms with Crippen LogP contribution in [0, 0.1) is 6.92 Å². The largest absolute Gasteiger partial charge is 0.480 e. The standard InChI is InChI=1S/C19H21ClO7/c1-4-24-17(21)7-6-12-11(3)13-8-14(20)16(9-15(13)27-19(12)23)26-10-18(22)25-5-2/h8-9H,4-7,10H2,1-3H3. The maximum absolute atomic E-state index is 12.3. The third kappa shape index (κ3) is 5.23. The van der Waals surface area contributed by atoms with Gasteiger partial charge in [-0.1, -0.05) is 11.6 Å². The average Bonchev–Trinajstić information content (AvgIpc) is 2.61. The molecule has 0 N–H and O–H groups in total. The highest BCUT2D eigenvalue weighted by molar-refractivity contribution is 6.32. The number of rotatable bonds is 8. The van der Waals surface area contributed by atoms with Gasteiger partial charge in [-0.3, -0.25) is 4.79 Å². The van der Waals surface area contributed by atoms with E-state index in [0.29, 0.717) is 16.5 Å². The molecule has 146 valence electrons. The predicted molar refractivity (Wildman–Crippen MR) is 99.3 cm³/mol. The van der Waals surface area contributed by atoms with E-state index >= 15 is 0 Å². The number of hydrogen-bond donors (Lipinski definition) is 0. The van der Waals surface area contributed by atoms with E-state index in [-0.39, 0.29) is 55.0 Å². The van der Waals surface area contributed by atoms with Crippen LogP contribution in [0.4, 0.5) is 0 Å². The van der Waals surface area contributed by atoms with Gasteiger partial charge in [-0.05, 0) is 38.8 Å². The Morgan fingerprint density at radius 2 is 1.78 bits per heavy atom. The highest BCUT2D eigenvalue weighted by atomic mass is 35.5. The maximum Gasteiger partial charge on any atom is 0.344 e. The third-order valence-corrected chi connectivity index (χ3v) is 4.17. The van der Waals surface area contributed by atoms with Crippen molar-refractivity contribution in [2.75, 3.05) is 19.8 Å². The Balaban J connectivity index is 2.30. The summed E-state index contributed by atoms with van der Waals surface area (Å²) in [6.07, 6.45) is 0.293. The van der Waals surface area contributed by atoms with Crippen molar-refractivity contribution in [3.8, 4) is 5.75 Å². The molecular weight excluding hydrogens is 376 g/mol. The predicted octanol–water partition coefficient (Wildman–Crippen LogP) is 3.19. The number of esters is 2. The summed E-state index contributed by atoms with van der Waals surface area (Å²) in [5, 5.41) is 0.891. The van der Waals surface area contributed by atoms with Crippen LogP contribution in [0.5, 0.6) is 5.75 Å². The number of benzene rings is 1. The minimum absolute atomic E-state index is 0.0828. The van der Waals surface area contributed by atoms with Crippen molar-refractivity contribution in [3.05, 3.63) is 38.7 Å². The van der Waals surface area contributed by atoms with E-state index in [1.807, 2.05) is 0 Å². The second kappa shape index (κ2) is 9.41. The van der Waals surface area contributed by atoms with Crippen LogP contribution in [-0.2, 0) is 25.5 Å². The second-order valence-corrected chi connectivity index (χ2v) is 6.08. The van der Waals surface area contributed by atoms with Crippen molar-refractivity contribution < 1.29 is 28.2 Å². The highest BCUT2D eigenvalue weighted by Crippen LogP contribution is 2.32. The molecule has 0 aliphatic rings. The van der Waals surface area contributed by atoms with Crippen LogP contribution in [0.3, 0.4) is 0 Å². The van der Waals surface area contributed by atoms with E-state index in [0.717, 1.165) is 0 Å². The van der Waals surface area contributed by atoms with E-state index in [4.69, 9.17) is 30.2 Å². The molecule has 8 heteroatoms. The van der Waals surface area contributed by atoms with Gasteiger partial charge in [-0.2, -0.15) is 0 Å². The summed E-state index contributed by atoms with van der Waals surface area (Å²) in [6.45, 7) is 5.40. The van der Waals surface area contributed by atoms with Crippen molar-refractivity contribution in [3.63, 3.8) is 0 Å². The van der Waals surface area contributed by atoms with Crippen molar-refractivity contribution in [1.82, 2.24) is 0 Å². The van der Waals surface area contributed by atoms with Gasteiger partial charge in [0.25, 0.3) is 0 Å². The lowest BCUT2D eigenvalue weighted by molar-refractivity contribution is -0.145. The fourth-order valence-corrected chi connectivity index (χ4v) is 2.81. The summed E-state index contributed by atoms with van der Waals surface area (Å²) in [5.74, 6) is -0.697. The second-order valence-electron chi connectivity index (χ2n) is 5.67. The van der Waals surface area contributed by atoms with E-state index in [9.17, 15) is 14.4 Å². The monoisotopic (exact) mass is 396 g/mol. The topological polar surface area (TPSA) is 92.0 Å². The summed E-state index contributed by atoms with van der Waals surface area (Å²) in [5.41, 5.74) is 0.805. The smallest absolute Gasteiger partial charge is 0.344 e. The van der Waals surface area contributed by atoms with E-state index in [1.165, 1.54) is 6.07 Å². The van der Waals surface area contributed by atoms with Crippen molar-refractivity contribution in [2.24, 2.45) is 0 Å². The molecule has 0 fully saturated rings. The molecule has 0 saturated carbocycles. The molecule has 0 saturated heterocycles. The average molecular weight is 397 g/mol. The van der Waals surface area contributed by atoms with E-state index in [1.54, 1.807) is 26.8 Å². The molecule has 1 heterocycles. The quantitative estimate of drug-likeness (QED) is 0.499. The third-order valence-electron chi connectivity index (χ3n) is 3.88. The first-order valence-corrected chi connectivity index (χ1v) is 8.95. The Bertz CT molecular complexity index is 901. The molecule has 2 aromatic rings. The number of carbonyl (C=O) groups excluding carboxylic acids is 2. The number of carbonyl (C=O) groups is 2. The summed E-state index contributed by atoms with van der Waals surface area (Å²) in [4.78, 5) is 35.3. The normalized spacial score (nSPS) is 10.7. The maximum atomic E-state index is 12.3. The SMILES string of the molecule is CCOC(=O)CCc1c(C)c2cc(Cl)c(OCC(=O)OCC)cc2oc1=O. The molecule has 2 rings (SSSR count). The number of hydrogen-bond acceptors (Lipinski definition) is 7. The summed E-state index contributed by atoms with van der Waals surface area (Å²) < 4.78 is 20.4. The minimum Gasteiger partial charge on any atom is -0.480 e. The lowest BCUT2D eigenvalue weighted by atomic mass is 10.0. The Morgan fingerprint density at radius 1 is 1.11 bits per heavy atom. The molecule has 0 amide bonds. The zero-order chi connectivity index (χ0) is 20.0. The molecular formula is C19H21ClO7. The van der Waals surface area contributed by atoms with Crippen LogP contribution in [0.15, 0.2) is 21.3 Å². The molecule has 1 aromatic carbocycles. The van der Waals surface area contributed by atoms with Gasteiger partial charge in [-0.25, -0.2) is 9.59 Å². The summed E-state index contributed by atoms with van der Waals surface area (Å²) in [6, 6.07) is 3.06. The first-order chi connectivity index (χ1) is 12.9. The molecule has 7 nitrogen and oxygen atoms in total. The van der Waals surface area contributed by atoms with Crippen LogP contribution in [0.25, 0.3) is 11.0 Å². The van der Waals surface area contributed by atoms with Gasteiger partial charge >= 0.3 is 17.6 Å². The zero-order valence-corrected chi connectivity index (χ0v) is 16.2. The van der Waals surface area contributed by atoms with Crippen LogP contribution < -0.4 is 10.4 Å². The molecule has 0 atom stereocenters. The summed E-state index contributed by atoms with van der Waals surface area (Å²) in [7, 11) is 0. The fourth-order valence-electron chi connectivity index (χ4n) is 2.59. The fraction of sp³-hybridized carbons (Fsp3) is 0.421. The van der Waals surface area contributed by atoms with Crippen LogP contribution >= 0.6 is 11.6 Å². The molecule has 0 radical (unpaired) electrons. The first-order valence-electron chi connectivity index (χ1n) is 8.57. The Morgan fingerprint density at radius 3 is 2.44 bits per heavy atom.